The SMILES string of the molecule is C=CC(=O)NC.CCC(C)CN.CCC(C)CN.CCC(C)CNCCC(=O)NC. The van der Waals surface area contributed by atoms with Crippen LogP contribution in [-0.4, -0.2) is 52.1 Å². The summed E-state index contributed by atoms with van der Waals surface area (Å²) in [5, 5.41) is 8.19. The van der Waals surface area contributed by atoms with Gasteiger partial charge in [-0.15, -0.1) is 0 Å². The van der Waals surface area contributed by atoms with E-state index in [1.807, 2.05) is 0 Å². The average molecular weight is 432 g/mol. The van der Waals surface area contributed by atoms with Crippen LogP contribution in [0.15, 0.2) is 12.7 Å². The highest BCUT2D eigenvalue weighted by molar-refractivity contribution is 5.86. The van der Waals surface area contributed by atoms with E-state index in [-0.39, 0.29) is 11.8 Å². The summed E-state index contributed by atoms with van der Waals surface area (Å²) in [5.41, 5.74) is 10.6. The van der Waals surface area contributed by atoms with Crippen molar-refractivity contribution in [3.8, 4) is 0 Å². The lowest BCUT2D eigenvalue weighted by molar-refractivity contribution is -0.120. The highest BCUT2D eigenvalue weighted by Crippen LogP contribution is 1.96. The van der Waals surface area contributed by atoms with E-state index in [9.17, 15) is 9.59 Å². The molecule has 0 aromatic rings. The summed E-state index contributed by atoms with van der Waals surface area (Å²) in [6.07, 6.45) is 5.40. The average Bonchev–Trinajstić information content (AvgIpc) is 2.80. The van der Waals surface area contributed by atoms with Gasteiger partial charge in [-0.05, 0) is 43.5 Å². The molecule has 7 heteroatoms. The molecular formula is C23H53N5O2. The maximum atomic E-state index is 10.8. The van der Waals surface area contributed by atoms with Gasteiger partial charge in [0.2, 0.25) is 11.8 Å². The Morgan fingerprint density at radius 3 is 1.50 bits per heavy atom. The first kappa shape index (κ1) is 36.0. The van der Waals surface area contributed by atoms with Gasteiger partial charge in [0.25, 0.3) is 0 Å². The second kappa shape index (κ2) is 29.8. The van der Waals surface area contributed by atoms with Crippen molar-refractivity contribution in [2.24, 2.45) is 29.2 Å². The molecule has 0 aliphatic carbocycles. The van der Waals surface area contributed by atoms with Crippen LogP contribution >= 0.6 is 0 Å². The molecule has 0 fully saturated rings. The number of hydrogen-bond donors (Lipinski definition) is 5. The molecule has 7 nitrogen and oxygen atoms in total. The summed E-state index contributed by atoms with van der Waals surface area (Å²) in [7, 11) is 3.22. The third-order valence-corrected chi connectivity index (χ3v) is 4.63. The minimum absolute atomic E-state index is 0.103. The largest absolute Gasteiger partial charge is 0.359 e. The van der Waals surface area contributed by atoms with Gasteiger partial charge in [0, 0.05) is 27.1 Å². The number of carbonyl (C=O) groups excluding carboxylic acids is 2. The molecule has 0 aliphatic heterocycles. The van der Waals surface area contributed by atoms with Gasteiger partial charge in [-0.3, -0.25) is 9.59 Å². The van der Waals surface area contributed by atoms with Crippen molar-refractivity contribution in [1.82, 2.24) is 16.0 Å². The number of nitrogens with two attached hydrogens (primary N) is 2. The molecule has 3 atom stereocenters. The lowest BCUT2D eigenvalue weighted by Crippen LogP contribution is -2.27. The highest BCUT2D eigenvalue weighted by Gasteiger charge is 1.99. The fraction of sp³-hybridized carbons (Fsp3) is 0.826. The van der Waals surface area contributed by atoms with Gasteiger partial charge in [0.1, 0.15) is 0 Å². The molecule has 0 aromatic heterocycles. The second-order valence-electron chi connectivity index (χ2n) is 7.46. The fourth-order valence-corrected chi connectivity index (χ4v) is 1.26. The van der Waals surface area contributed by atoms with E-state index in [1.54, 1.807) is 14.1 Å². The first-order valence-electron chi connectivity index (χ1n) is 11.3. The van der Waals surface area contributed by atoms with Crippen LogP contribution in [-0.2, 0) is 9.59 Å². The molecule has 0 aliphatic rings. The van der Waals surface area contributed by atoms with Gasteiger partial charge < -0.3 is 27.4 Å². The lowest BCUT2D eigenvalue weighted by Gasteiger charge is -2.08. The van der Waals surface area contributed by atoms with E-state index in [0.717, 1.165) is 26.2 Å². The zero-order valence-electron chi connectivity index (χ0n) is 21.1. The smallest absolute Gasteiger partial charge is 0.243 e. The summed E-state index contributed by atoms with van der Waals surface area (Å²) in [6, 6.07) is 0. The van der Waals surface area contributed by atoms with Crippen LogP contribution in [0.5, 0.6) is 0 Å². The van der Waals surface area contributed by atoms with Crippen LogP contribution in [0.1, 0.15) is 67.2 Å². The summed E-state index contributed by atoms with van der Waals surface area (Å²) in [4.78, 5) is 20.7. The van der Waals surface area contributed by atoms with Crippen LogP contribution in [0, 0.1) is 17.8 Å². The molecule has 182 valence electrons. The predicted molar refractivity (Wildman–Crippen MR) is 132 cm³/mol. The minimum Gasteiger partial charge on any atom is -0.359 e. The van der Waals surface area contributed by atoms with Crippen molar-refractivity contribution in [2.75, 3.05) is 40.3 Å². The first-order chi connectivity index (χ1) is 14.1. The molecule has 0 spiro atoms. The van der Waals surface area contributed by atoms with Gasteiger partial charge >= 0.3 is 0 Å². The summed E-state index contributed by atoms with van der Waals surface area (Å²) in [6.45, 7) is 19.6. The Morgan fingerprint density at radius 1 is 0.867 bits per heavy atom. The normalized spacial score (nSPS) is 12.2. The molecular weight excluding hydrogens is 378 g/mol. The van der Waals surface area contributed by atoms with Crippen molar-refractivity contribution >= 4 is 11.8 Å². The number of amides is 2. The van der Waals surface area contributed by atoms with Crippen molar-refractivity contribution in [3.63, 3.8) is 0 Å². The van der Waals surface area contributed by atoms with Crippen LogP contribution in [0.25, 0.3) is 0 Å². The summed E-state index contributed by atoms with van der Waals surface area (Å²) in [5.74, 6) is 2.09. The Labute approximate surface area is 187 Å². The number of carbonyl (C=O) groups is 2. The van der Waals surface area contributed by atoms with E-state index in [4.69, 9.17) is 11.5 Å². The Hall–Kier alpha value is -1.44. The van der Waals surface area contributed by atoms with Crippen molar-refractivity contribution in [2.45, 2.75) is 67.2 Å². The van der Waals surface area contributed by atoms with Gasteiger partial charge in [-0.1, -0.05) is 67.4 Å². The van der Waals surface area contributed by atoms with Gasteiger partial charge in [0.05, 0.1) is 0 Å². The Kier molecular flexibility index (Phi) is 35.7. The van der Waals surface area contributed by atoms with Crippen molar-refractivity contribution < 1.29 is 9.59 Å². The quantitative estimate of drug-likeness (QED) is 0.254. The van der Waals surface area contributed by atoms with Gasteiger partial charge in [-0.25, -0.2) is 0 Å². The number of nitrogens with one attached hydrogen (secondary N) is 3. The second-order valence-corrected chi connectivity index (χ2v) is 7.46. The maximum absolute atomic E-state index is 10.8. The zero-order chi connectivity index (χ0) is 24.4. The fourth-order valence-electron chi connectivity index (χ4n) is 1.26. The molecule has 7 N–H and O–H groups in total. The van der Waals surface area contributed by atoms with E-state index in [2.05, 4.69) is 64.1 Å². The molecule has 0 bridgehead atoms. The third-order valence-electron chi connectivity index (χ3n) is 4.63. The van der Waals surface area contributed by atoms with Crippen LogP contribution < -0.4 is 27.4 Å². The summed E-state index contributed by atoms with van der Waals surface area (Å²) >= 11 is 0. The van der Waals surface area contributed by atoms with Crippen molar-refractivity contribution in [1.29, 1.82) is 0 Å². The molecule has 0 radical (unpaired) electrons. The van der Waals surface area contributed by atoms with Crippen LogP contribution in [0.3, 0.4) is 0 Å². The maximum Gasteiger partial charge on any atom is 0.243 e. The molecule has 0 aromatic carbocycles. The molecule has 0 saturated heterocycles. The zero-order valence-corrected chi connectivity index (χ0v) is 21.1. The lowest BCUT2D eigenvalue weighted by atomic mass is 10.1. The molecule has 0 rings (SSSR count). The molecule has 30 heavy (non-hydrogen) atoms. The molecule has 2 amide bonds. The topological polar surface area (TPSA) is 122 Å². The molecule has 3 unspecified atom stereocenters. The van der Waals surface area contributed by atoms with Crippen LogP contribution in [0.2, 0.25) is 0 Å². The minimum atomic E-state index is -0.144. The third kappa shape index (κ3) is 37.3. The number of hydrogen-bond acceptors (Lipinski definition) is 5. The highest BCUT2D eigenvalue weighted by atomic mass is 16.2. The first-order valence-corrected chi connectivity index (χ1v) is 11.3. The molecule has 0 heterocycles. The number of rotatable bonds is 11. The number of likely N-dealkylation sites (N-methyl/N-ethyl adjacent to an activating group) is 1. The summed E-state index contributed by atoms with van der Waals surface area (Å²) < 4.78 is 0. The van der Waals surface area contributed by atoms with E-state index in [0.29, 0.717) is 24.2 Å². The Morgan fingerprint density at radius 2 is 1.30 bits per heavy atom. The van der Waals surface area contributed by atoms with Gasteiger partial charge in [0.15, 0.2) is 0 Å². The van der Waals surface area contributed by atoms with E-state index in [1.165, 1.54) is 25.3 Å². The molecule has 0 saturated carbocycles. The standard InChI is InChI=1S/C9H20N2O.2C5H13N.C4H7NO/c1-4-8(2)7-11-6-5-9(12)10-3;2*1-3-5(2)4-6;1-3-4(6)5-2/h8,11H,4-7H2,1-3H3,(H,10,12);2*5H,3-4,6H2,1-2H3;3H,1H2,2H3,(H,5,6). The monoisotopic (exact) mass is 431 g/mol. The Bertz CT molecular complexity index is 361. The van der Waals surface area contributed by atoms with Crippen LogP contribution in [0.4, 0.5) is 0 Å². The Balaban J connectivity index is -0.000000161. The van der Waals surface area contributed by atoms with E-state index >= 15 is 0 Å². The van der Waals surface area contributed by atoms with Gasteiger partial charge in [-0.2, -0.15) is 0 Å². The van der Waals surface area contributed by atoms with Crippen molar-refractivity contribution in [3.05, 3.63) is 12.7 Å². The predicted octanol–water partition coefficient (Wildman–Crippen LogP) is 2.66. The van der Waals surface area contributed by atoms with E-state index < -0.39 is 0 Å².